The summed E-state index contributed by atoms with van der Waals surface area (Å²) in [7, 11) is 1.95. The lowest BCUT2D eigenvalue weighted by molar-refractivity contribution is 0.741. The zero-order valence-electron chi connectivity index (χ0n) is 8.87. The molecule has 15 heavy (non-hydrogen) atoms. The Morgan fingerprint density at radius 3 is 2.93 bits per heavy atom. The molecule has 0 spiro atoms. The number of nitrogens with zero attached hydrogens (tertiary/aromatic N) is 2. The van der Waals surface area contributed by atoms with Gasteiger partial charge >= 0.3 is 0 Å². The number of aryl methyl sites for hydroxylation is 1. The molecule has 2 rings (SSSR count). The van der Waals surface area contributed by atoms with Gasteiger partial charge in [-0.1, -0.05) is 12.1 Å². The van der Waals surface area contributed by atoms with Gasteiger partial charge < -0.3 is 5.73 Å². The third-order valence-corrected chi connectivity index (χ3v) is 3.02. The van der Waals surface area contributed by atoms with Crippen molar-refractivity contribution in [2.75, 3.05) is 0 Å². The molecule has 0 saturated carbocycles. The fourth-order valence-electron chi connectivity index (χ4n) is 1.85. The zero-order valence-corrected chi connectivity index (χ0v) is 10.5. The highest BCUT2D eigenvalue weighted by Crippen LogP contribution is 2.26. The van der Waals surface area contributed by atoms with Crippen molar-refractivity contribution in [1.82, 2.24) is 9.78 Å². The summed E-state index contributed by atoms with van der Waals surface area (Å²) in [5.41, 5.74) is 8.22. The minimum Gasteiger partial charge on any atom is -0.328 e. The maximum Gasteiger partial charge on any atom is 0.136 e. The molecule has 1 aromatic heterocycles. The molecule has 0 aliphatic rings. The molecule has 0 fully saturated rings. The molecule has 1 heterocycles. The second-order valence-electron chi connectivity index (χ2n) is 3.91. The SMILES string of the molecule is CC(N)Cc1cccc2c1c(Br)nn2C. The van der Waals surface area contributed by atoms with Crippen LogP contribution >= 0.6 is 15.9 Å². The van der Waals surface area contributed by atoms with Crippen LogP contribution in [0.25, 0.3) is 10.9 Å². The number of hydrogen-bond acceptors (Lipinski definition) is 2. The highest BCUT2D eigenvalue weighted by atomic mass is 79.9. The van der Waals surface area contributed by atoms with Gasteiger partial charge in [-0.15, -0.1) is 0 Å². The first kappa shape index (κ1) is 10.6. The first-order valence-electron chi connectivity index (χ1n) is 4.95. The molecule has 80 valence electrons. The number of benzene rings is 1. The summed E-state index contributed by atoms with van der Waals surface area (Å²) in [6.07, 6.45) is 0.877. The van der Waals surface area contributed by atoms with Gasteiger partial charge in [-0.2, -0.15) is 5.10 Å². The van der Waals surface area contributed by atoms with E-state index in [9.17, 15) is 0 Å². The molecular formula is C11H14BrN3. The molecule has 0 bridgehead atoms. The molecule has 4 heteroatoms. The molecule has 1 unspecified atom stereocenters. The van der Waals surface area contributed by atoms with Crippen LogP contribution in [0, 0.1) is 0 Å². The van der Waals surface area contributed by atoms with E-state index in [0.717, 1.165) is 16.5 Å². The molecule has 0 amide bonds. The van der Waals surface area contributed by atoms with Crippen LogP contribution in [0.5, 0.6) is 0 Å². The first-order chi connectivity index (χ1) is 7.09. The molecule has 1 aromatic carbocycles. The van der Waals surface area contributed by atoms with E-state index in [0.29, 0.717) is 0 Å². The fourth-order valence-corrected chi connectivity index (χ4v) is 2.54. The van der Waals surface area contributed by atoms with Crippen LogP contribution in [0.2, 0.25) is 0 Å². The summed E-state index contributed by atoms with van der Waals surface area (Å²) in [6.45, 7) is 2.02. The average molecular weight is 268 g/mol. The Hall–Kier alpha value is -0.870. The maximum atomic E-state index is 5.83. The number of aromatic nitrogens is 2. The summed E-state index contributed by atoms with van der Waals surface area (Å²) in [5, 5.41) is 5.53. The Morgan fingerprint density at radius 1 is 1.53 bits per heavy atom. The minimum absolute atomic E-state index is 0.169. The van der Waals surface area contributed by atoms with Crippen molar-refractivity contribution in [2.24, 2.45) is 12.8 Å². The number of rotatable bonds is 2. The lowest BCUT2D eigenvalue weighted by atomic mass is 10.0. The van der Waals surface area contributed by atoms with E-state index in [-0.39, 0.29) is 6.04 Å². The topological polar surface area (TPSA) is 43.8 Å². The van der Waals surface area contributed by atoms with Gasteiger partial charge in [0.15, 0.2) is 0 Å². The van der Waals surface area contributed by atoms with Crippen LogP contribution in [0.15, 0.2) is 22.8 Å². The van der Waals surface area contributed by atoms with Gasteiger partial charge in [-0.3, -0.25) is 4.68 Å². The van der Waals surface area contributed by atoms with E-state index < -0.39 is 0 Å². The second-order valence-corrected chi connectivity index (χ2v) is 4.66. The van der Waals surface area contributed by atoms with E-state index >= 15 is 0 Å². The Bertz CT molecular complexity index is 488. The third-order valence-electron chi connectivity index (χ3n) is 2.46. The van der Waals surface area contributed by atoms with Crippen LogP contribution in [0.3, 0.4) is 0 Å². The molecule has 1 atom stereocenters. The van der Waals surface area contributed by atoms with Crippen LogP contribution in [-0.4, -0.2) is 15.8 Å². The Morgan fingerprint density at radius 2 is 2.27 bits per heavy atom. The van der Waals surface area contributed by atoms with Crippen LogP contribution in [0.4, 0.5) is 0 Å². The molecule has 0 radical (unpaired) electrons. The van der Waals surface area contributed by atoms with Gasteiger partial charge in [0.2, 0.25) is 0 Å². The summed E-state index contributed by atoms with van der Waals surface area (Å²) >= 11 is 3.49. The van der Waals surface area contributed by atoms with Gasteiger partial charge in [0.05, 0.1) is 5.52 Å². The van der Waals surface area contributed by atoms with Crippen molar-refractivity contribution < 1.29 is 0 Å². The summed E-state index contributed by atoms with van der Waals surface area (Å²) in [5.74, 6) is 0. The highest BCUT2D eigenvalue weighted by Gasteiger charge is 2.11. The van der Waals surface area contributed by atoms with E-state index in [1.807, 2.05) is 24.7 Å². The van der Waals surface area contributed by atoms with Crippen molar-refractivity contribution in [3.8, 4) is 0 Å². The van der Waals surface area contributed by atoms with E-state index in [2.05, 4.69) is 33.2 Å². The predicted molar refractivity (Wildman–Crippen MR) is 65.8 cm³/mol. The molecule has 0 aliphatic heterocycles. The van der Waals surface area contributed by atoms with Crippen molar-refractivity contribution in [1.29, 1.82) is 0 Å². The molecule has 2 N–H and O–H groups in total. The predicted octanol–water partition coefficient (Wildman–Crippen LogP) is 2.23. The van der Waals surface area contributed by atoms with Crippen LogP contribution in [-0.2, 0) is 13.5 Å². The van der Waals surface area contributed by atoms with Crippen molar-refractivity contribution in [3.05, 3.63) is 28.4 Å². The number of halogens is 1. The maximum absolute atomic E-state index is 5.83. The second kappa shape index (κ2) is 3.94. The van der Waals surface area contributed by atoms with Crippen LogP contribution < -0.4 is 5.73 Å². The van der Waals surface area contributed by atoms with Crippen molar-refractivity contribution in [2.45, 2.75) is 19.4 Å². The zero-order chi connectivity index (χ0) is 11.0. The van der Waals surface area contributed by atoms with Gasteiger partial charge in [0, 0.05) is 18.5 Å². The summed E-state index contributed by atoms with van der Waals surface area (Å²) < 4.78 is 2.78. The van der Waals surface area contributed by atoms with E-state index in [4.69, 9.17) is 5.73 Å². The van der Waals surface area contributed by atoms with Gasteiger partial charge in [0.1, 0.15) is 4.60 Å². The van der Waals surface area contributed by atoms with Crippen LogP contribution in [0.1, 0.15) is 12.5 Å². The number of hydrogen-bond donors (Lipinski definition) is 1. The largest absolute Gasteiger partial charge is 0.328 e. The van der Waals surface area contributed by atoms with E-state index in [1.165, 1.54) is 10.9 Å². The quantitative estimate of drug-likeness (QED) is 0.907. The fraction of sp³-hybridized carbons (Fsp3) is 0.364. The van der Waals surface area contributed by atoms with Gasteiger partial charge in [-0.25, -0.2) is 0 Å². The first-order valence-corrected chi connectivity index (χ1v) is 5.74. The highest BCUT2D eigenvalue weighted by molar-refractivity contribution is 9.10. The summed E-state index contributed by atoms with van der Waals surface area (Å²) in [4.78, 5) is 0. The standard InChI is InChI=1S/C11H14BrN3/c1-7(13)6-8-4-3-5-9-10(8)11(12)14-15(9)2/h3-5,7H,6,13H2,1-2H3. The Kier molecular flexibility index (Phi) is 2.80. The van der Waals surface area contributed by atoms with Crippen molar-refractivity contribution >= 4 is 26.8 Å². The van der Waals surface area contributed by atoms with Gasteiger partial charge in [-0.05, 0) is 40.9 Å². The Labute approximate surface area is 97.4 Å². The summed E-state index contributed by atoms with van der Waals surface area (Å²) in [6, 6.07) is 6.40. The number of nitrogens with two attached hydrogens (primary N) is 1. The monoisotopic (exact) mass is 267 g/mol. The molecule has 0 saturated heterocycles. The Balaban J connectivity index is 2.64. The normalized spacial score (nSPS) is 13.3. The average Bonchev–Trinajstić information content (AvgIpc) is 2.43. The smallest absolute Gasteiger partial charge is 0.136 e. The molecule has 0 aliphatic carbocycles. The number of fused-ring (bicyclic) bond motifs is 1. The van der Waals surface area contributed by atoms with E-state index in [1.54, 1.807) is 0 Å². The lowest BCUT2D eigenvalue weighted by Gasteiger charge is -2.06. The molecule has 3 nitrogen and oxygen atoms in total. The molecule has 2 aromatic rings. The third kappa shape index (κ3) is 1.92. The van der Waals surface area contributed by atoms with Gasteiger partial charge in [0.25, 0.3) is 0 Å². The lowest BCUT2D eigenvalue weighted by Crippen LogP contribution is -2.17. The minimum atomic E-state index is 0.169. The van der Waals surface area contributed by atoms with Crippen molar-refractivity contribution in [3.63, 3.8) is 0 Å². The molecular weight excluding hydrogens is 254 g/mol.